The predicted octanol–water partition coefficient (Wildman–Crippen LogP) is 2.56. The third-order valence-electron chi connectivity index (χ3n) is 2.84. The maximum absolute atomic E-state index is 12.3. The molecule has 0 aliphatic heterocycles. The van der Waals surface area contributed by atoms with Gasteiger partial charge in [-0.25, -0.2) is 18.1 Å². The average Bonchev–Trinajstić information content (AvgIpc) is 2.46. The Hall–Kier alpha value is -1.54. The Bertz CT molecular complexity index is 750. The average molecular weight is 371 g/mol. The van der Waals surface area contributed by atoms with E-state index in [2.05, 4.69) is 35.8 Å². The summed E-state index contributed by atoms with van der Waals surface area (Å²) in [4.78, 5) is 4.36. The van der Waals surface area contributed by atoms with Crippen LogP contribution in [0, 0.1) is 0 Å². The third-order valence-corrected chi connectivity index (χ3v) is 4.66. The summed E-state index contributed by atoms with van der Waals surface area (Å²) in [6.45, 7) is 3.89. The fourth-order valence-corrected chi connectivity index (χ4v) is 3.33. The van der Waals surface area contributed by atoms with Gasteiger partial charge in [0.25, 0.3) is 16.0 Å². The fraction of sp³-hybridized carbons (Fsp3) is 0.308. The Morgan fingerprint density at radius 3 is 2.48 bits per heavy atom. The second kappa shape index (κ2) is 6.48. The van der Waals surface area contributed by atoms with Crippen LogP contribution in [-0.2, 0) is 22.9 Å². The molecule has 0 bridgehead atoms. The first-order chi connectivity index (χ1) is 9.96. The molecule has 21 heavy (non-hydrogen) atoms. The van der Waals surface area contributed by atoms with Crippen molar-refractivity contribution in [3.63, 3.8) is 0 Å². The van der Waals surface area contributed by atoms with Crippen LogP contribution in [0.1, 0.15) is 25.2 Å². The second-order valence-corrected chi connectivity index (χ2v) is 6.90. The van der Waals surface area contributed by atoms with Crippen LogP contribution in [-0.4, -0.2) is 23.6 Å². The molecule has 1 N–H and O–H groups in total. The van der Waals surface area contributed by atoms with Crippen molar-refractivity contribution in [3.05, 3.63) is 40.1 Å². The van der Waals surface area contributed by atoms with E-state index >= 15 is 0 Å². The van der Waals surface area contributed by atoms with Gasteiger partial charge in [0, 0.05) is 4.47 Å². The quantitative estimate of drug-likeness (QED) is 0.873. The van der Waals surface area contributed by atoms with Crippen molar-refractivity contribution in [1.82, 2.24) is 15.2 Å². The third kappa shape index (κ3) is 3.76. The Balaban J connectivity index is 2.33. The van der Waals surface area contributed by atoms with E-state index in [0.29, 0.717) is 17.3 Å². The molecule has 0 fully saturated rings. The number of sulfonamides is 1. The van der Waals surface area contributed by atoms with E-state index in [1.165, 1.54) is 12.1 Å². The molecule has 0 radical (unpaired) electrons. The number of halogens is 1. The summed E-state index contributed by atoms with van der Waals surface area (Å²) in [5.74, 6) is -0.0102. The van der Waals surface area contributed by atoms with Gasteiger partial charge >= 0.3 is 0 Å². The number of aromatic nitrogens is 3. The largest absolute Gasteiger partial charge is 0.264 e. The number of hydrogen-bond donors (Lipinski definition) is 1. The number of hydrogen-bond acceptors (Lipinski definition) is 5. The molecule has 0 aliphatic carbocycles. The molecule has 0 aliphatic rings. The number of aryl methyl sites for hydroxylation is 2. The minimum atomic E-state index is -3.73. The zero-order chi connectivity index (χ0) is 15.5. The van der Waals surface area contributed by atoms with Crippen LogP contribution in [0.2, 0.25) is 0 Å². The topological polar surface area (TPSA) is 84.8 Å². The van der Waals surface area contributed by atoms with E-state index in [1.54, 1.807) is 12.1 Å². The van der Waals surface area contributed by atoms with E-state index < -0.39 is 10.0 Å². The maximum Gasteiger partial charge on any atom is 0.264 e. The molecule has 2 rings (SSSR count). The van der Waals surface area contributed by atoms with Gasteiger partial charge in [-0.3, -0.25) is 0 Å². The predicted molar refractivity (Wildman–Crippen MR) is 83.5 cm³/mol. The molecule has 0 unspecified atom stereocenters. The minimum Gasteiger partial charge on any atom is -0.246 e. The first-order valence-corrected chi connectivity index (χ1v) is 8.74. The Labute approximate surface area is 132 Å². The monoisotopic (exact) mass is 370 g/mol. The second-order valence-electron chi connectivity index (χ2n) is 4.30. The number of nitrogens with one attached hydrogen (secondary N) is 1. The van der Waals surface area contributed by atoms with Crippen molar-refractivity contribution in [1.29, 1.82) is 0 Å². The van der Waals surface area contributed by atoms with Crippen molar-refractivity contribution in [3.8, 4) is 0 Å². The van der Waals surface area contributed by atoms with Gasteiger partial charge in [-0.05, 0) is 31.0 Å². The highest BCUT2D eigenvalue weighted by atomic mass is 79.9. The molecular formula is C13H15BrN4O2S. The minimum absolute atomic E-state index is 0.0102. The van der Waals surface area contributed by atoms with Crippen LogP contribution >= 0.6 is 15.9 Å². The zero-order valence-electron chi connectivity index (χ0n) is 11.7. The summed E-state index contributed by atoms with van der Waals surface area (Å²) in [5.41, 5.74) is 1.53. The van der Waals surface area contributed by atoms with E-state index in [-0.39, 0.29) is 10.8 Å². The molecule has 8 heteroatoms. The highest BCUT2D eigenvalue weighted by Crippen LogP contribution is 2.18. The molecular weight excluding hydrogens is 356 g/mol. The van der Waals surface area contributed by atoms with E-state index in [0.717, 1.165) is 11.4 Å². The van der Waals surface area contributed by atoms with Gasteiger partial charge in [0.1, 0.15) is 0 Å². The fourth-order valence-electron chi connectivity index (χ4n) is 1.79. The first kappa shape index (κ1) is 15.8. The lowest BCUT2D eigenvalue weighted by atomic mass is 10.2. The number of benzene rings is 1. The Kier molecular flexibility index (Phi) is 4.89. The number of nitrogens with zero attached hydrogens (tertiary/aromatic N) is 3. The number of anilines is 1. The maximum atomic E-state index is 12.3. The van der Waals surface area contributed by atoms with Gasteiger partial charge in [-0.1, -0.05) is 35.8 Å². The van der Waals surface area contributed by atoms with Crippen LogP contribution in [0.15, 0.2) is 33.6 Å². The van der Waals surface area contributed by atoms with Gasteiger partial charge in [-0.2, -0.15) is 0 Å². The molecule has 2 aromatic rings. The Morgan fingerprint density at radius 1 is 1.14 bits per heavy atom. The Morgan fingerprint density at radius 2 is 1.86 bits per heavy atom. The normalized spacial score (nSPS) is 11.4. The first-order valence-electron chi connectivity index (χ1n) is 6.47. The molecule has 1 aromatic heterocycles. The smallest absolute Gasteiger partial charge is 0.246 e. The molecule has 112 valence electrons. The molecule has 0 saturated heterocycles. The van der Waals surface area contributed by atoms with Crippen molar-refractivity contribution < 1.29 is 8.42 Å². The van der Waals surface area contributed by atoms with Crippen molar-refractivity contribution in [2.75, 3.05) is 4.72 Å². The summed E-state index contributed by atoms with van der Waals surface area (Å²) in [6.07, 6.45) is 1.38. The molecule has 6 nitrogen and oxygen atoms in total. The van der Waals surface area contributed by atoms with Gasteiger partial charge < -0.3 is 0 Å². The lowest BCUT2D eigenvalue weighted by Crippen LogP contribution is -2.17. The van der Waals surface area contributed by atoms with E-state index in [9.17, 15) is 8.42 Å². The molecule has 0 atom stereocenters. The van der Waals surface area contributed by atoms with Crippen LogP contribution in [0.25, 0.3) is 0 Å². The summed E-state index contributed by atoms with van der Waals surface area (Å²) in [6, 6.07) is 6.41. The van der Waals surface area contributed by atoms with E-state index in [4.69, 9.17) is 0 Å². The van der Waals surface area contributed by atoms with Crippen molar-refractivity contribution in [2.45, 2.75) is 31.6 Å². The molecule has 1 aromatic carbocycles. The van der Waals surface area contributed by atoms with E-state index in [1.807, 2.05) is 13.8 Å². The number of rotatable bonds is 5. The molecule has 0 saturated carbocycles. The van der Waals surface area contributed by atoms with Gasteiger partial charge in [0.2, 0.25) is 0 Å². The molecule has 0 amide bonds. The highest BCUT2D eigenvalue weighted by molar-refractivity contribution is 9.10. The summed E-state index contributed by atoms with van der Waals surface area (Å²) >= 11 is 3.25. The zero-order valence-corrected chi connectivity index (χ0v) is 14.1. The van der Waals surface area contributed by atoms with Crippen molar-refractivity contribution >= 4 is 31.9 Å². The van der Waals surface area contributed by atoms with Crippen molar-refractivity contribution in [2.24, 2.45) is 0 Å². The van der Waals surface area contributed by atoms with Crippen LogP contribution in [0.4, 0.5) is 5.95 Å². The molecule has 1 heterocycles. The van der Waals surface area contributed by atoms with Gasteiger partial charge in [0.15, 0.2) is 0 Å². The highest BCUT2D eigenvalue weighted by Gasteiger charge is 2.17. The summed E-state index contributed by atoms with van der Waals surface area (Å²) < 4.78 is 27.6. The van der Waals surface area contributed by atoms with Gasteiger partial charge in [0.05, 0.1) is 16.3 Å². The SMILES string of the molecule is CCc1nnc(NS(=O)(=O)c2cccc(Br)c2)nc1CC. The molecule has 0 spiro atoms. The summed E-state index contributed by atoms with van der Waals surface area (Å²) in [7, 11) is -3.73. The summed E-state index contributed by atoms with van der Waals surface area (Å²) in [5, 5.41) is 7.84. The van der Waals surface area contributed by atoms with Crippen LogP contribution < -0.4 is 4.72 Å². The van der Waals surface area contributed by atoms with Gasteiger partial charge in [-0.15, -0.1) is 10.2 Å². The lowest BCUT2D eigenvalue weighted by molar-refractivity contribution is 0.600. The van der Waals surface area contributed by atoms with Crippen LogP contribution in [0.5, 0.6) is 0 Å². The standard InChI is InChI=1S/C13H15BrN4O2S/c1-3-11-12(4-2)16-17-13(15-11)18-21(19,20)10-7-5-6-9(14)8-10/h5-8H,3-4H2,1-2H3,(H,15,17,18). The van der Waals surface area contributed by atoms with Crippen LogP contribution in [0.3, 0.4) is 0 Å². The lowest BCUT2D eigenvalue weighted by Gasteiger charge is -2.09.